The lowest BCUT2D eigenvalue weighted by atomic mass is 10.2. The highest BCUT2D eigenvalue weighted by atomic mass is 31.1. The molecule has 3 heterocycles. The second-order valence-electron chi connectivity index (χ2n) is 8.64. The molecule has 0 bridgehead atoms. The van der Waals surface area contributed by atoms with Gasteiger partial charge in [0.2, 0.25) is 0 Å². The lowest BCUT2D eigenvalue weighted by molar-refractivity contribution is 0.949. The summed E-state index contributed by atoms with van der Waals surface area (Å²) >= 11 is 0. The molecule has 0 radical (unpaired) electrons. The minimum atomic E-state index is 0.260. The molecule has 0 amide bonds. The third-order valence-corrected chi connectivity index (χ3v) is 14.6. The Kier molecular flexibility index (Phi) is 12.0. The molecule has 3 saturated heterocycles. The van der Waals surface area contributed by atoms with Gasteiger partial charge in [-0.3, -0.25) is 0 Å². The van der Waals surface area contributed by atoms with Gasteiger partial charge in [0.25, 0.3) is 0 Å². The fourth-order valence-corrected chi connectivity index (χ4v) is 11.8. The van der Waals surface area contributed by atoms with Gasteiger partial charge in [0.15, 0.2) is 0 Å². The van der Waals surface area contributed by atoms with Crippen molar-refractivity contribution in [2.75, 3.05) is 43.1 Å². The van der Waals surface area contributed by atoms with Crippen molar-refractivity contribution in [2.45, 2.75) is 51.6 Å². The van der Waals surface area contributed by atoms with E-state index in [1.165, 1.54) is 75.5 Å². The zero-order valence-electron chi connectivity index (χ0n) is 19.0. The van der Waals surface area contributed by atoms with Gasteiger partial charge >= 0.3 is 0 Å². The Balaban J connectivity index is 0.000000133. The van der Waals surface area contributed by atoms with E-state index >= 15 is 0 Å². The van der Waals surface area contributed by atoms with Crippen molar-refractivity contribution in [3.8, 4) is 0 Å². The summed E-state index contributed by atoms with van der Waals surface area (Å²) in [6.07, 6.45) is 20.9. The van der Waals surface area contributed by atoms with Gasteiger partial charge in [-0.1, -0.05) is 75.5 Å². The normalized spacial score (nSPS) is 19.8. The van der Waals surface area contributed by atoms with Crippen molar-refractivity contribution >= 4 is 29.1 Å². The Hall–Kier alpha value is -0.270. The van der Waals surface area contributed by atoms with Crippen molar-refractivity contribution < 1.29 is 0 Å². The van der Waals surface area contributed by atoms with Crippen LogP contribution in [0.15, 0.2) is 60.7 Å². The number of hydrogen-bond donors (Lipinski definition) is 0. The summed E-state index contributed by atoms with van der Waals surface area (Å²) in [4.78, 5) is 0. The Morgan fingerprint density at radius 3 is 1.53 bits per heavy atom. The third-order valence-electron chi connectivity index (χ3n) is 6.32. The molecule has 164 valence electrons. The third kappa shape index (κ3) is 9.07. The van der Waals surface area contributed by atoms with E-state index in [1.54, 1.807) is 23.2 Å². The van der Waals surface area contributed by atoms with Gasteiger partial charge < -0.3 is 0 Å². The maximum atomic E-state index is 2.33. The topological polar surface area (TPSA) is 0 Å². The van der Waals surface area contributed by atoms with Gasteiger partial charge in [-0.25, -0.2) is 0 Å². The maximum absolute atomic E-state index is 2.33. The first-order chi connectivity index (χ1) is 14.8. The van der Waals surface area contributed by atoms with E-state index in [1.807, 2.05) is 0 Å². The van der Waals surface area contributed by atoms with Crippen LogP contribution in [0.5, 0.6) is 0 Å². The highest BCUT2D eigenvalue weighted by molar-refractivity contribution is 7.65. The van der Waals surface area contributed by atoms with Crippen LogP contribution in [-0.2, 0) is 6.16 Å². The molecule has 5 rings (SSSR count). The van der Waals surface area contributed by atoms with E-state index in [0.29, 0.717) is 15.8 Å². The van der Waals surface area contributed by atoms with Crippen molar-refractivity contribution in [1.29, 1.82) is 0 Å². The lowest BCUT2D eigenvalue weighted by Gasteiger charge is -2.08. The average Bonchev–Trinajstić information content (AvgIpc) is 3.60. The van der Waals surface area contributed by atoms with Crippen molar-refractivity contribution in [3.05, 3.63) is 66.2 Å². The van der Waals surface area contributed by atoms with E-state index in [-0.39, 0.29) is 7.92 Å². The predicted molar refractivity (Wildman–Crippen MR) is 144 cm³/mol. The molecule has 3 heteroatoms. The molecule has 0 aromatic heterocycles. The van der Waals surface area contributed by atoms with Crippen LogP contribution >= 0.6 is 23.8 Å². The molecule has 3 aliphatic rings. The fraction of sp³-hybridized carbons (Fsp3) is 0.556. The molecule has 0 spiro atoms. The van der Waals surface area contributed by atoms with Crippen LogP contribution in [0.2, 0.25) is 0 Å². The van der Waals surface area contributed by atoms with E-state index < -0.39 is 0 Å². The predicted octanol–water partition coefficient (Wildman–Crippen LogP) is 8.33. The smallest absolute Gasteiger partial charge is 0.00731 e. The van der Waals surface area contributed by atoms with Gasteiger partial charge in [-0.2, -0.15) is 0 Å². The van der Waals surface area contributed by atoms with Gasteiger partial charge in [-0.15, -0.1) is 15.8 Å². The number of rotatable bonds is 4. The summed E-state index contributed by atoms with van der Waals surface area (Å²) in [5, 5.41) is 1.61. The SMILES string of the molecule is CCP1CCCC1.c1ccc(CP2CCCC2)cc1.c1ccc(P2CCCC2)cc1. The maximum Gasteiger partial charge on any atom is -0.00731 e. The summed E-state index contributed by atoms with van der Waals surface area (Å²) in [7, 11) is 1.20. The van der Waals surface area contributed by atoms with Crippen LogP contribution in [0.25, 0.3) is 0 Å². The first-order valence-corrected chi connectivity index (χ1v) is 17.6. The first-order valence-electron chi connectivity index (χ1n) is 12.1. The van der Waals surface area contributed by atoms with E-state index in [9.17, 15) is 0 Å². The minimum Gasteiger partial charge on any atom is -0.107 e. The molecule has 2 aromatic carbocycles. The highest BCUT2D eigenvalue weighted by Gasteiger charge is 2.15. The number of hydrogen-bond acceptors (Lipinski definition) is 0. The van der Waals surface area contributed by atoms with Crippen molar-refractivity contribution in [2.24, 2.45) is 0 Å². The summed E-state index contributed by atoms with van der Waals surface area (Å²) in [6.45, 7) is 2.33. The largest absolute Gasteiger partial charge is 0.107 e. The Morgan fingerprint density at radius 2 is 1.03 bits per heavy atom. The standard InChI is InChI=1S/C11H15P.C10H13P.C6H13P/c1-2-6-11(7-3-1)10-12-8-4-5-9-12;1-2-6-10(7-3-1)11-8-4-5-9-11;1-2-7-5-3-4-6-7/h1-3,6-7H,4-5,8-10H2;1-3,6-7H,4-5,8-9H2;2-6H2,1H3. The Morgan fingerprint density at radius 1 is 0.567 bits per heavy atom. The summed E-state index contributed by atoms with van der Waals surface area (Å²) < 4.78 is 0. The van der Waals surface area contributed by atoms with E-state index in [2.05, 4.69) is 67.6 Å². The zero-order valence-corrected chi connectivity index (χ0v) is 21.7. The van der Waals surface area contributed by atoms with Crippen LogP contribution < -0.4 is 5.30 Å². The van der Waals surface area contributed by atoms with Gasteiger partial charge in [-0.05, 0) is 98.7 Å². The van der Waals surface area contributed by atoms with E-state index in [0.717, 1.165) is 0 Å². The second-order valence-corrected chi connectivity index (χ2v) is 16.6. The van der Waals surface area contributed by atoms with Crippen LogP contribution in [0.3, 0.4) is 0 Å². The molecule has 0 saturated carbocycles. The van der Waals surface area contributed by atoms with Gasteiger partial charge in [0.05, 0.1) is 0 Å². The molecule has 3 aliphatic heterocycles. The molecule has 0 atom stereocenters. The average molecular weight is 459 g/mol. The monoisotopic (exact) mass is 458 g/mol. The van der Waals surface area contributed by atoms with Crippen LogP contribution in [0.4, 0.5) is 0 Å². The molecule has 30 heavy (non-hydrogen) atoms. The molecule has 2 aromatic rings. The number of benzene rings is 2. The molecular formula is C27H41P3. The first kappa shape index (κ1) is 24.4. The van der Waals surface area contributed by atoms with Crippen molar-refractivity contribution in [1.82, 2.24) is 0 Å². The van der Waals surface area contributed by atoms with E-state index in [4.69, 9.17) is 0 Å². The summed E-state index contributed by atoms with van der Waals surface area (Å²) in [5.41, 5.74) is 1.55. The van der Waals surface area contributed by atoms with Crippen LogP contribution in [0, 0.1) is 0 Å². The summed E-state index contributed by atoms with van der Waals surface area (Å²) in [5.74, 6) is 0. The lowest BCUT2D eigenvalue weighted by Crippen LogP contribution is -1.99. The molecule has 0 unspecified atom stereocenters. The molecule has 0 N–H and O–H groups in total. The highest BCUT2D eigenvalue weighted by Crippen LogP contribution is 2.46. The zero-order chi connectivity index (χ0) is 20.9. The van der Waals surface area contributed by atoms with Gasteiger partial charge in [0, 0.05) is 0 Å². The second kappa shape index (κ2) is 14.7. The fourth-order valence-electron chi connectivity index (χ4n) is 4.50. The van der Waals surface area contributed by atoms with Crippen molar-refractivity contribution in [3.63, 3.8) is 0 Å². The summed E-state index contributed by atoms with van der Waals surface area (Å²) in [6, 6.07) is 21.9. The molecule has 0 nitrogen and oxygen atoms in total. The van der Waals surface area contributed by atoms with Crippen LogP contribution in [-0.4, -0.2) is 43.1 Å². The molecule has 3 fully saturated rings. The quantitative estimate of drug-likeness (QED) is 0.404. The Bertz CT molecular complexity index is 655. The Labute approximate surface area is 189 Å². The minimum absolute atomic E-state index is 0.260. The van der Waals surface area contributed by atoms with Gasteiger partial charge in [0.1, 0.15) is 0 Å². The molecular weight excluding hydrogens is 417 g/mol. The molecule has 0 aliphatic carbocycles. The van der Waals surface area contributed by atoms with Crippen LogP contribution in [0.1, 0.15) is 51.0 Å².